The summed E-state index contributed by atoms with van der Waals surface area (Å²) in [4.78, 5) is 25.3. The number of nitrogens with zero attached hydrogens (tertiary/aromatic N) is 2. The number of hydrogen-bond acceptors (Lipinski definition) is 3. The first-order chi connectivity index (χ1) is 11.9. The molecule has 146 valence electrons. The molecule has 9 heteroatoms. The largest absolute Gasteiger partial charge is 0.465 e. The van der Waals surface area contributed by atoms with Crippen molar-refractivity contribution in [1.82, 2.24) is 9.80 Å². The van der Waals surface area contributed by atoms with Gasteiger partial charge in [-0.3, -0.25) is 4.79 Å². The SMILES string of the molecule is CC(C)(C)O.O=C(O)N1CCN(C(=O)c2cccc(C(F)F)c2F)CC1. The van der Waals surface area contributed by atoms with Gasteiger partial charge in [0.05, 0.1) is 16.7 Å². The summed E-state index contributed by atoms with van der Waals surface area (Å²) in [6.07, 6.45) is -4.09. The molecule has 26 heavy (non-hydrogen) atoms. The number of rotatable bonds is 2. The molecule has 1 fully saturated rings. The van der Waals surface area contributed by atoms with Crippen LogP contribution in [0, 0.1) is 5.82 Å². The molecule has 1 aromatic rings. The number of halogens is 3. The lowest BCUT2D eigenvalue weighted by molar-refractivity contribution is 0.0619. The van der Waals surface area contributed by atoms with Crippen LogP contribution in [0.2, 0.25) is 0 Å². The van der Waals surface area contributed by atoms with E-state index < -0.39 is 41.0 Å². The zero-order chi connectivity index (χ0) is 20.1. The summed E-state index contributed by atoms with van der Waals surface area (Å²) in [5.41, 5.74) is -1.73. The predicted octanol–water partition coefficient (Wildman–Crippen LogP) is 2.98. The highest BCUT2D eigenvalue weighted by Gasteiger charge is 2.27. The van der Waals surface area contributed by atoms with Crippen molar-refractivity contribution in [1.29, 1.82) is 0 Å². The van der Waals surface area contributed by atoms with Crippen molar-refractivity contribution in [3.8, 4) is 0 Å². The van der Waals surface area contributed by atoms with Gasteiger partial charge in [-0.1, -0.05) is 12.1 Å². The summed E-state index contributed by atoms with van der Waals surface area (Å²) < 4.78 is 39.1. The lowest BCUT2D eigenvalue weighted by Gasteiger charge is -2.33. The smallest absolute Gasteiger partial charge is 0.407 e. The molecule has 6 nitrogen and oxygen atoms in total. The normalized spacial score (nSPS) is 14.8. The monoisotopic (exact) mass is 376 g/mol. The van der Waals surface area contributed by atoms with Gasteiger partial charge in [-0.25, -0.2) is 18.0 Å². The summed E-state index contributed by atoms with van der Waals surface area (Å²) in [7, 11) is 0. The first-order valence-corrected chi connectivity index (χ1v) is 7.98. The third-order valence-electron chi connectivity index (χ3n) is 3.33. The molecule has 0 radical (unpaired) electrons. The van der Waals surface area contributed by atoms with Crippen LogP contribution in [0.25, 0.3) is 0 Å². The second kappa shape index (κ2) is 8.88. The van der Waals surface area contributed by atoms with Crippen LogP contribution in [0.1, 0.15) is 43.1 Å². The second-order valence-electron chi connectivity index (χ2n) is 6.74. The fraction of sp³-hybridized carbons (Fsp3) is 0.529. The van der Waals surface area contributed by atoms with Crippen LogP contribution < -0.4 is 0 Å². The summed E-state index contributed by atoms with van der Waals surface area (Å²) in [6, 6.07) is 3.28. The van der Waals surface area contributed by atoms with Crippen LogP contribution in [0.5, 0.6) is 0 Å². The average Bonchev–Trinajstić information content (AvgIpc) is 2.52. The Morgan fingerprint density at radius 2 is 1.54 bits per heavy atom. The zero-order valence-corrected chi connectivity index (χ0v) is 14.9. The van der Waals surface area contributed by atoms with E-state index in [1.54, 1.807) is 20.8 Å². The lowest BCUT2D eigenvalue weighted by Crippen LogP contribution is -2.50. The number of alkyl halides is 2. The molecule has 1 saturated heterocycles. The molecule has 1 aliphatic rings. The van der Waals surface area contributed by atoms with Crippen molar-refractivity contribution in [2.45, 2.75) is 32.8 Å². The average molecular weight is 376 g/mol. The number of carbonyl (C=O) groups is 2. The third kappa shape index (κ3) is 6.55. The molecule has 0 spiro atoms. The first-order valence-electron chi connectivity index (χ1n) is 7.98. The number of piperazine rings is 1. The van der Waals surface area contributed by atoms with Gasteiger partial charge in [0.25, 0.3) is 12.3 Å². The van der Waals surface area contributed by atoms with E-state index in [2.05, 4.69) is 0 Å². The van der Waals surface area contributed by atoms with Gasteiger partial charge in [0.15, 0.2) is 0 Å². The fourth-order valence-electron chi connectivity index (χ4n) is 2.15. The zero-order valence-electron chi connectivity index (χ0n) is 14.9. The molecular weight excluding hydrogens is 353 g/mol. The van der Waals surface area contributed by atoms with Crippen molar-refractivity contribution in [2.75, 3.05) is 26.2 Å². The standard InChI is InChI=1S/C13H13F3N2O3.C4H10O/c14-10-8(11(15)16)2-1-3-9(10)12(19)17-4-6-18(7-5-17)13(20)21;1-4(2,3)5/h1-3,11H,4-7H2,(H,20,21);5H,1-3H3. The van der Waals surface area contributed by atoms with Crippen LogP contribution >= 0.6 is 0 Å². The van der Waals surface area contributed by atoms with Crippen LogP contribution in [-0.2, 0) is 0 Å². The molecule has 2 amide bonds. The summed E-state index contributed by atoms with van der Waals surface area (Å²) >= 11 is 0. The number of carbonyl (C=O) groups excluding carboxylic acids is 1. The number of aliphatic hydroxyl groups is 1. The van der Waals surface area contributed by atoms with Crippen molar-refractivity contribution in [2.24, 2.45) is 0 Å². The van der Waals surface area contributed by atoms with Crippen LogP contribution in [0.3, 0.4) is 0 Å². The molecule has 1 aliphatic heterocycles. The molecular formula is C17H23F3N2O4. The van der Waals surface area contributed by atoms with Gasteiger partial charge in [-0.05, 0) is 26.8 Å². The molecule has 2 rings (SSSR count). The van der Waals surface area contributed by atoms with Crippen LogP contribution in [0.4, 0.5) is 18.0 Å². The lowest BCUT2D eigenvalue weighted by atomic mass is 10.1. The van der Waals surface area contributed by atoms with Crippen molar-refractivity contribution >= 4 is 12.0 Å². The minimum atomic E-state index is -3.00. The number of hydrogen-bond donors (Lipinski definition) is 2. The maximum absolute atomic E-state index is 13.9. The van der Waals surface area contributed by atoms with E-state index in [0.717, 1.165) is 17.0 Å². The minimum Gasteiger partial charge on any atom is -0.465 e. The molecule has 0 bridgehead atoms. The molecule has 1 aromatic carbocycles. The molecule has 1 heterocycles. The van der Waals surface area contributed by atoms with Crippen molar-refractivity contribution < 1.29 is 33.0 Å². The summed E-state index contributed by atoms with van der Waals surface area (Å²) in [6.45, 7) is 5.65. The molecule has 0 aromatic heterocycles. The molecule has 0 atom stereocenters. The molecule has 0 aliphatic carbocycles. The topological polar surface area (TPSA) is 81.1 Å². The maximum atomic E-state index is 13.9. The first kappa shape index (κ1) is 21.8. The van der Waals surface area contributed by atoms with Gasteiger partial charge in [-0.2, -0.15) is 0 Å². The van der Waals surface area contributed by atoms with Crippen LogP contribution in [-0.4, -0.2) is 63.8 Å². The van der Waals surface area contributed by atoms with E-state index in [0.29, 0.717) is 0 Å². The number of amides is 2. The van der Waals surface area contributed by atoms with Gasteiger partial charge in [-0.15, -0.1) is 0 Å². The molecule has 0 saturated carbocycles. The Hall–Kier alpha value is -2.29. The predicted molar refractivity (Wildman–Crippen MR) is 88.8 cm³/mol. The Labute approximate surface area is 149 Å². The van der Waals surface area contributed by atoms with E-state index in [1.165, 1.54) is 11.0 Å². The molecule has 2 N–H and O–H groups in total. The Balaban J connectivity index is 0.000000597. The maximum Gasteiger partial charge on any atom is 0.407 e. The Bertz CT molecular complexity index is 633. The van der Waals surface area contributed by atoms with Gasteiger partial charge in [0.1, 0.15) is 5.82 Å². The third-order valence-corrected chi connectivity index (χ3v) is 3.33. The van der Waals surface area contributed by atoms with Gasteiger partial charge < -0.3 is 20.0 Å². The van der Waals surface area contributed by atoms with E-state index in [9.17, 15) is 22.8 Å². The van der Waals surface area contributed by atoms with Crippen LogP contribution in [0.15, 0.2) is 18.2 Å². The van der Waals surface area contributed by atoms with Gasteiger partial charge >= 0.3 is 6.09 Å². The Morgan fingerprint density at radius 1 is 1.08 bits per heavy atom. The Morgan fingerprint density at radius 3 is 1.96 bits per heavy atom. The quantitative estimate of drug-likeness (QED) is 0.832. The number of carboxylic acid groups (broad SMARTS) is 1. The highest BCUT2D eigenvalue weighted by atomic mass is 19.3. The Kier molecular flexibility index (Phi) is 7.43. The van der Waals surface area contributed by atoms with E-state index >= 15 is 0 Å². The minimum absolute atomic E-state index is 0.101. The number of benzene rings is 1. The fourth-order valence-corrected chi connectivity index (χ4v) is 2.15. The summed E-state index contributed by atoms with van der Waals surface area (Å²) in [5.74, 6) is -1.93. The summed E-state index contributed by atoms with van der Waals surface area (Å²) in [5, 5.41) is 17.3. The van der Waals surface area contributed by atoms with Crippen molar-refractivity contribution in [3.63, 3.8) is 0 Å². The van der Waals surface area contributed by atoms with Crippen molar-refractivity contribution in [3.05, 3.63) is 35.1 Å². The second-order valence-corrected chi connectivity index (χ2v) is 6.74. The van der Waals surface area contributed by atoms with E-state index in [1.807, 2.05) is 0 Å². The highest BCUT2D eigenvalue weighted by molar-refractivity contribution is 5.94. The van der Waals surface area contributed by atoms with E-state index in [4.69, 9.17) is 10.2 Å². The molecule has 0 unspecified atom stereocenters. The van der Waals surface area contributed by atoms with Gasteiger partial charge in [0, 0.05) is 26.2 Å². The van der Waals surface area contributed by atoms with Gasteiger partial charge in [0.2, 0.25) is 0 Å². The van der Waals surface area contributed by atoms with E-state index in [-0.39, 0.29) is 26.2 Å². The highest BCUT2D eigenvalue weighted by Crippen LogP contribution is 2.25.